The first-order chi connectivity index (χ1) is 15.5. The minimum Gasteiger partial charge on any atom is -0.497 e. The third-order valence-corrected chi connectivity index (χ3v) is 5.51. The quantitative estimate of drug-likeness (QED) is 0.577. The molecule has 1 unspecified atom stereocenters. The summed E-state index contributed by atoms with van der Waals surface area (Å²) in [5.41, 5.74) is 1.94. The van der Waals surface area contributed by atoms with E-state index in [1.54, 1.807) is 12.0 Å². The smallest absolute Gasteiger partial charge is 0.242 e. The van der Waals surface area contributed by atoms with E-state index in [4.69, 9.17) is 14.2 Å². The summed E-state index contributed by atoms with van der Waals surface area (Å²) in [6.45, 7) is 5.12. The summed E-state index contributed by atoms with van der Waals surface area (Å²) < 4.78 is 16.0. The second-order valence-electron chi connectivity index (χ2n) is 7.77. The fourth-order valence-corrected chi connectivity index (χ4v) is 3.70. The van der Waals surface area contributed by atoms with Crippen LogP contribution in [0.1, 0.15) is 44.2 Å². The molecule has 0 spiro atoms. The molecule has 32 heavy (non-hydrogen) atoms. The van der Waals surface area contributed by atoms with Crippen LogP contribution in [-0.4, -0.2) is 43.2 Å². The first-order valence-electron chi connectivity index (χ1n) is 11.1. The van der Waals surface area contributed by atoms with Gasteiger partial charge in [0.25, 0.3) is 0 Å². The molecule has 7 nitrogen and oxygen atoms in total. The number of nitrogens with one attached hydrogen (secondary N) is 1. The van der Waals surface area contributed by atoms with Crippen molar-refractivity contribution in [1.29, 1.82) is 0 Å². The molecule has 0 saturated heterocycles. The lowest BCUT2D eigenvalue weighted by Gasteiger charge is -2.31. The summed E-state index contributed by atoms with van der Waals surface area (Å²) in [6.07, 6.45) is 2.25. The van der Waals surface area contributed by atoms with Crippen LogP contribution in [0.15, 0.2) is 42.5 Å². The summed E-state index contributed by atoms with van der Waals surface area (Å²) in [7, 11) is 1.62. The summed E-state index contributed by atoms with van der Waals surface area (Å²) >= 11 is 0. The van der Waals surface area contributed by atoms with Crippen molar-refractivity contribution in [2.45, 2.75) is 52.1 Å². The van der Waals surface area contributed by atoms with Gasteiger partial charge in [-0.25, -0.2) is 0 Å². The van der Waals surface area contributed by atoms with Crippen molar-refractivity contribution < 1.29 is 23.8 Å². The number of carbonyl (C=O) groups excluding carboxylic acids is 2. The van der Waals surface area contributed by atoms with E-state index in [1.807, 2.05) is 56.3 Å². The molecule has 1 N–H and O–H groups in total. The fourth-order valence-electron chi connectivity index (χ4n) is 3.70. The summed E-state index contributed by atoms with van der Waals surface area (Å²) in [5, 5.41) is 2.94. The fraction of sp³-hybridized carbons (Fsp3) is 0.440. The van der Waals surface area contributed by atoms with Gasteiger partial charge < -0.3 is 24.4 Å². The molecule has 1 aliphatic heterocycles. The molecule has 1 heterocycles. The lowest BCUT2D eigenvalue weighted by molar-refractivity contribution is -0.141. The minimum atomic E-state index is -0.520. The number of carbonyl (C=O) groups is 2. The number of amides is 2. The van der Waals surface area contributed by atoms with E-state index in [9.17, 15) is 9.59 Å². The van der Waals surface area contributed by atoms with E-state index in [1.165, 1.54) is 0 Å². The van der Waals surface area contributed by atoms with Gasteiger partial charge in [0.1, 0.15) is 11.8 Å². The lowest BCUT2D eigenvalue weighted by Crippen LogP contribution is -2.49. The van der Waals surface area contributed by atoms with Gasteiger partial charge in [-0.3, -0.25) is 9.59 Å². The Morgan fingerprint density at radius 1 is 1.06 bits per heavy atom. The van der Waals surface area contributed by atoms with Gasteiger partial charge in [0, 0.05) is 19.5 Å². The third-order valence-electron chi connectivity index (χ3n) is 5.51. The standard InChI is InChI=1S/C25H32N2O5/c1-4-14-26-25(29)21(5-2)27(16-19-6-10-20(30-3)11-7-19)24(28)13-9-18-8-12-22-23(15-18)32-17-31-22/h6-8,10-12,15,21H,4-5,9,13-14,16-17H2,1-3H3,(H,26,29). The monoisotopic (exact) mass is 440 g/mol. The van der Waals surface area contributed by atoms with Gasteiger partial charge >= 0.3 is 0 Å². The maximum absolute atomic E-state index is 13.3. The molecule has 0 radical (unpaired) electrons. The van der Waals surface area contributed by atoms with Gasteiger partial charge in [0.15, 0.2) is 11.5 Å². The average molecular weight is 441 g/mol. The van der Waals surface area contributed by atoms with Crippen LogP contribution in [-0.2, 0) is 22.6 Å². The molecule has 3 rings (SSSR count). The zero-order chi connectivity index (χ0) is 22.9. The molecule has 1 aliphatic rings. The van der Waals surface area contributed by atoms with Crippen LogP contribution in [0, 0.1) is 0 Å². The molecule has 7 heteroatoms. The highest BCUT2D eigenvalue weighted by Crippen LogP contribution is 2.32. The largest absolute Gasteiger partial charge is 0.497 e. The Morgan fingerprint density at radius 2 is 1.78 bits per heavy atom. The Morgan fingerprint density at radius 3 is 2.47 bits per heavy atom. The normalized spacial score (nSPS) is 12.8. The molecule has 0 aliphatic carbocycles. The van der Waals surface area contributed by atoms with Crippen molar-refractivity contribution in [3.8, 4) is 17.2 Å². The van der Waals surface area contributed by atoms with Gasteiger partial charge in [-0.15, -0.1) is 0 Å². The number of benzene rings is 2. The van der Waals surface area contributed by atoms with E-state index in [0.717, 1.165) is 29.0 Å². The number of aryl methyl sites for hydroxylation is 1. The number of hydrogen-bond donors (Lipinski definition) is 1. The molecule has 172 valence electrons. The Hall–Kier alpha value is -3.22. The number of ether oxygens (including phenoxy) is 3. The maximum atomic E-state index is 13.3. The van der Waals surface area contributed by atoms with Crippen molar-refractivity contribution in [3.63, 3.8) is 0 Å². The van der Waals surface area contributed by atoms with Crippen molar-refractivity contribution in [3.05, 3.63) is 53.6 Å². The Labute approximate surface area is 189 Å². The van der Waals surface area contributed by atoms with Crippen LogP contribution < -0.4 is 19.5 Å². The minimum absolute atomic E-state index is 0.0583. The first kappa shape index (κ1) is 23.4. The average Bonchev–Trinajstić information content (AvgIpc) is 3.29. The summed E-state index contributed by atoms with van der Waals surface area (Å²) in [5.74, 6) is 2.01. The van der Waals surface area contributed by atoms with Crippen molar-refractivity contribution in [1.82, 2.24) is 10.2 Å². The molecule has 1 atom stereocenters. The van der Waals surface area contributed by atoms with Gasteiger partial charge in [-0.05, 0) is 54.7 Å². The van der Waals surface area contributed by atoms with Crippen LogP contribution in [0.5, 0.6) is 17.2 Å². The van der Waals surface area contributed by atoms with Gasteiger partial charge in [-0.2, -0.15) is 0 Å². The predicted octanol–water partition coefficient (Wildman–Crippen LogP) is 3.69. The molecular formula is C25H32N2O5. The topological polar surface area (TPSA) is 77.1 Å². The van der Waals surface area contributed by atoms with Crippen LogP contribution in [0.3, 0.4) is 0 Å². The molecule has 2 aromatic carbocycles. The summed E-state index contributed by atoms with van der Waals surface area (Å²) in [6, 6.07) is 12.8. The highest BCUT2D eigenvalue weighted by molar-refractivity contribution is 5.87. The van der Waals surface area contributed by atoms with Crippen LogP contribution in [0.25, 0.3) is 0 Å². The third kappa shape index (κ3) is 5.93. The number of hydrogen-bond acceptors (Lipinski definition) is 5. The Kier molecular flexibility index (Phi) is 8.36. The molecule has 2 aromatic rings. The Balaban J connectivity index is 1.74. The molecule has 0 aromatic heterocycles. The van der Waals surface area contributed by atoms with Crippen LogP contribution in [0.2, 0.25) is 0 Å². The van der Waals surface area contributed by atoms with Crippen molar-refractivity contribution in [2.24, 2.45) is 0 Å². The van der Waals surface area contributed by atoms with E-state index in [2.05, 4.69) is 5.32 Å². The molecule has 2 amide bonds. The first-order valence-corrected chi connectivity index (χ1v) is 11.1. The van der Waals surface area contributed by atoms with Gasteiger partial charge in [0.05, 0.1) is 7.11 Å². The lowest BCUT2D eigenvalue weighted by atomic mass is 10.1. The van der Waals surface area contributed by atoms with E-state index >= 15 is 0 Å². The number of fused-ring (bicyclic) bond motifs is 1. The van der Waals surface area contributed by atoms with E-state index in [-0.39, 0.29) is 18.6 Å². The van der Waals surface area contributed by atoms with Crippen molar-refractivity contribution >= 4 is 11.8 Å². The number of methoxy groups -OCH3 is 1. The SMILES string of the molecule is CCCNC(=O)C(CC)N(Cc1ccc(OC)cc1)C(=O)CCc1ccc2c(c1)OCO2. The zero-order valence-corrected chi connectivity index (χ0v) is 19.1. The predicted molar refractivity (Wildman–Crippen MR) is 122 cm³/mol. The molecule has 0 saturated carbocycles. The molecular weight excluding hydrogens is 408 g/mol. The second kappa shape index (κ2) is 11.4. The number of nitrogens with zero attached hydrogens (tertiary/aromatic N) is 1. The Bertz CT molecular complexity index is 913. The highest BCUT2D eigenvalue weighted by atomic mass is 16.7. The van der Waals surface area contributed by atoms with Crippen LogP contribution in [0.4, 0.5) is 0 Å². The maximum Gasteiger partial charge on any atom is 0.242 e. The second-order valence-corrected chi connectivity index (χ2v) is 7.77. The van der Waals surface area contributed by atoms with Crippen LogP contribution >= 0.6 is 0 Å². The summed E-state index contributed by atoms with van der Waals surface area (Å²) in [4.78, 5) is 27.8. The van der Waals surface area contributed by atoms with Gasteiger partial charge in [0.2, 0.25) is 18.6 Å². The molecule has 0 fully saturated rings. The van der Waals surface area contributed by atoms with Gasteiger partial charge in [-0.1, -0.05) is 32.0 Å². The molecule has 0 bridgehead atoms. The van der Waals surface area contributed by atoms with Crippen molar-refractivity contribution in [2.75, 3.05) is 20.4 Å². The van der Waals surface area contributed by atoms with E-state index < -0.39 is 6.04 Å². The van der Waals surface area contributed by atoms with E-state index in [0.29, 0.717) is 38.1 Å². The highest BCUT2D eigenvalue weighted by Gasteiger charge is 2.28. The zero-order valence-electron chi connectivity index (χ0n) is 19.1. The number of rotatable bonds is 11.